The Bertz CT molecular complexity index is 641. The van der Waals surface area contributed by atoms with E-state index in [4.69, 9.17) is 0 Å². The van der Waals surface area contributed by atoms with Crippen molar-refractivity contribution in [2.24, 2.45) is 0 Å². The second kappa shape index (κ2) is 6.05. The van der Waals surface area contributed by atoms with Crippen LogP contribution in [0.3, 0.4) is 0 Å². The number of benzene rings is 2. The fraction of sp³-hybridized carbons (Fsp3) is 0.188. The van der Waals surface area contributed by atoms with E-state index in [9.17, 15) is 0 Å². The van der Waals surface area contributed by atoms with Crippen molar-refractivity contribution < 1.29 is 0 Å². The van der Waals surface area contributed by atoms with Crippen molar-refractivity contribution in [2.75, 3.05) is 5.32 Å². The first-order chi connectivity index (χ1) is 9.34. The third-order valence-corrected chi connectivity index (χ3v) is 2.84. The molecule has 0 radical (unpaired) electrons. The minimum absolute atomic E-state index is 0.870. The fourth-order valence-corrected chi connectivity index (χ4v) is 1.94. The van der Waals surface area contributed by atoms with Crippen LogP contribution in [0.25, 0.3) is 10.9 Å². The van der Waals surface area contributed by atoms with Gasteiger partial charge in [-0.3, -0.25) is 5.10 Å². The minimum atomic E-state index is 0.870. The van der Waals surface area contributed by atoms with E-state index in [1.54, 1.807) is 0 Å². The van der Waals surface area contributed by atoms with Gasteiger partial charge in [0, 0.05) is 11.1 Å². The van der Waals surface area contributed by atoms with Crippen molar-refractivity contribution in [2.45, 2.75) is 20.8 Å². The summed E-state index contributed by atoms with van der Waals surface area (Å²) >= 11 is 0. The summed E-state index contributed by atoms with van der Waals surface area (Å²) < 4.78 is 0. The van der Waals surface area contributed by atoms with Gasteiger partial charge in [0.05, 0.1) is 5.52 Å². The lowest BCUT2D eigenvalue weighted by atomic mass is 10.1. The summed E-state index contributed by atoms with van der Waals surface area (Å²) in [6.45, 7) is 6.08. The van der Waals surface area contributed by atoms with Crippen LogP contribution < -0.4 is 5.32 Å². The van der Waals surface area contributed by atoms with E-state index in [2.05, 4.69) is 34.6 Å². The van der Waals surface area contributed by atoms with Crippen LogP contribution in [0.1, 0.15) is 19.4 Å². The molecule has 0 unspecified atom stereocenters. The molecule has 0 aliphatic rings. The Kier molecular flexibility index (Phi) is 4.18. The van der Waals surface area contributed by atoms with E-state index >= 15 is 0 Å². The second-order valence-electron chi connectivity index (χ2n) is 4.06. The molecule has 1 aromatic heterocycles. The van der Waals surface area contributed by atoms with Gasteiger partial charge in [-0.25, -0.2) is 0 Å². The number of fused-ring (bicyclic) bond motifs is 1. The first-order valence-electron chi connectivity index (χ1n) is 6.60. The van der Waals surface area contributed by atoms with Gasteiger partial charge < -0.3 is 5.32 Å². The first kappa shape index (κ1) is 13.1. The molecule has 0 saturated carbocycles. The monoisotopic (exact) mass is 253 g/mol. The molecule has 2 N–H and O–H groups in total. The van der Waals surface area contributed by atoms with E-state index in [1.807, 2.05) is 50.2 Å². The molecule has 3 heteroatoms. The standard InChI is InChI=1S/C14H13N3.C2H6/c1-10-6-5-9-12-13(10)16-17-14(12)15-11-7-3-2-4-8-11;1-2/h2-9H,1H3,(H2,15,16,17);1-2H3. The number of aromatic amines is 1. The maximum atomic E-state index is 4.32. The molecule has 0 amide bonds. The Balaban J connectivity index is 0.000000637. The average molecular weight is 253 g/mol. The van der Waals surface area contributed by atoms with Gasteiger partial charge in [0.25, 0.3) is 0 Å². The molecule has 98 valence electrons. The number of nitrogens with one attached hydrogen (secondary N) is 2. The summed E-state index contributed by atoms with van der Waals surface area (Å²) in [6, 6.07) is 16.2. The van der Waals surface area contributed by atoms with Crippen LogP contribution in [-0.2, 0) is 0 Å². The molecule has 3 aromatic rings. The lowest BCUT2D eigenvalue weighted by Crippen LogP contribution is -1.90. The van der Waals surface area contributed by atoms with Crippen LogP contribution in [0.5, 0.6) is 0 Å². The number of nitrogens with zero attached hydrogens (tertiary/aromatic N) is 1. The third kappa shape index (κ3) is 2.76. The quantitative estimate of drug-likeness (QED) is 0.698. The highest BCUT2D eigenvalue weighted by Crippen LogP contribution is 2.25. The Morgan fingerprint density at radius 3 is 2.42 bits per heavy atom. The number of aryl methyl sites for hydroxylation is 1. The summed E-state index contributed by atoms with van der Waals surface area (Å²) in [6.07, 6.45) is 0. The maximum absolute atomic E-state index is 4.32. The van der Waals surface area contributed by atoms with Gasteiger partial charge in [-0.2, -0.15) is 5.10 Å². The minimum Gasteiger partial charge on any atom is -0.338 e. The molecule has 0 atom stereocenters. The van der Waals surface area contributed by atoms with E-state index in [1.165, 1.54) is 5.56 Å². The molecule has 19 heavy (non-hydrogen) atoms. The highest BCUT2D eigenvalue weighted by Gasteiger charge is 2.06. The van der Waals surface area contributed by atoms with Gasteiger partial charge >= 0.3 is 0 Å². The van der Waals surface area contributed by atoms with Crippen LogP contribution in [0.4, 0.5) is 11.5 Å². The second-order valence-corrected chi connectivity index (χ2v) is 4.06. The Labute approximate surface area is 113 Å². The van der Waals surface area contributed by atoms with Crippen molar-refractivity contribution in [3.05, 3.63) is 54.1 Å². The Morgan fingerprint density at radius 1 is 0.947 bits per heavy atom. The molecule has 3 rings (SSSR count). The van der Waals surface area contributed by atoms with Gasteiger partial charge in [-0.1, -0.05) is 44.2 Å². The van der Waals surface area contributed by atoms with Crippen LogP contribution >= 0.6 is 0 Å². The zero-order valence-electron chi connectivity index (χ0n) is 11.6. The first-order valence-corrected chi connectivity index (χ1v) is 6.60. The van der Waals surface area contributed by atoms with Crippen molar-refractivity contribution >= 4 is 22.4 Å². The molecule has 2 aromatic carbocycles. The van der Waals surface area contributed by atoms with Crippen LogP contribution in [0.2, 0.25) is 0 Å². The maximum Gasteiger partial charge on any atom is 0.160 e. The van der Waals surface area contributed by atoms with Crippen molar-refractivity contribution in [3.8, 4) is 0 Å². The summed E-state index contributed by atoms with van der Waals surface area (Å²) in [5, 5.41) is 11.8. The number of rotatable bonds is 2. The van der Waals surface area contributed by atoms with Crippen molar-refractivity contribution in [1.82, 2.24) is 10.2 Å². The highest BCUT2D eigenvalue weighted by atomic mass is 15.2. The van der Waals surface area contributed by atoms with E-state index in [0.29, 0.717) is 0 Å². The largest absolute Gasteiger partial charge is 0.338 e. The highest BCUT2D eigenvalue weighted by molar-refractivity contribution is 5.93. The van der Waals surface area contributed by atoms with Gasteiger partial charge in [0.1, 0.15) is 0 Å². The van der Waals surface area contributed by atoms with Gasteiger partial charge in [0.15, 0.2) is 5.82 Å². The number of para-hydroxylation sites is 2. The summed E-state index contributed by atoms with van der Waals surface area (Å²) in [5.41, 5.74) is 3.34. The Morgan fingerprint density at radius 2 is 1.68 bits per heavy atom. The van der Waals surface area contributed by atoms with Crippen LogP contribution in [0.15, 0.2) is 48.5 Å². The molecule has 0 aliphatic carbocycles. The molecule has 0 fully saturated rings. The lowest BCUT2D eigenvalue weighted by Gasteiger charge is -2.02. The zero-order valence-corrected chi connectivity index (χ0v) is 11.6. The summed E-state index contributed by atoms with van der Waals surface area (Å²) in [5.74, 6) is 0.870. The van der Waals surface area contributed by atoms with Gasteiger partial charge in [0.2, 0.25) is 0 Å². The predicted molar refractivity (Wildman–Crippen MR) is 81.9 cm³/mol. The number of hydrogen-bond donors (Lipinski definition) is 2. The molecule has 0 saturated heterocycles. The molecular weight excluding hydrogens is 234 g/mol. The average Bonchev–Trinajstić information content (AvgIpc) is 2.87. The van der Waals surface area contributed by atoms with Gasteiger partial charge in [-0.05, 0) is 30.7 Å². The molecular formula is C16H19N3. The smallest absolute Gasteiger partial charge is 0.160 e. The molecule has 0 spiro atoms. The van der Waals surface area contributed by atoms with E-state index in [-0.39, 0.29) is 0 Å². The number of H-pyrrole nitrogens is 1. The fourth-order valence-electron chi connectivity index (χ4n) is 1.94. The lowest BCUT2D eigenvalue weighted by molar-refractivity contribution is 1.11. The zero-order chi connectivity index (χ0) is 13.7. The number of aromatic nitrogens is 2. The van der Waals surface area contributed by atoms with Gasteiger partial charge in [-0.15, -0.1) is 0 Å². The molecule has 3 nitrogen and oxygen atoms in total. The van der Waals surface area contributed by atoms with Crippen LogP contribution in [-0.4, -0.2) is 10.2 Å². The normalized spacial score (nSPS) is 9.84. The molecule has 1 heterocycles. The number of hydrogen-bond acceptors (Lipinski definition) is 2. The SMILES string of the molecule is CC.Cc1cccc2c(Nc3ccccc3)n[nH]c12. The number of anilines is 2. The summed E-state index contributed by atoms with van der Waals surface area (Å²) in [4.78, 5) is 0. The van der Waals surface area contributed by atoms with Crippen molar-refractivity contribution in [1.29, 1.82) is 0 Å². The predicted octanol–water partition coefficient (Wildman–Crippen LogP) is 4.64. The van der Waals surface area contributed by atoms with Crippen molar-refractivity contribution in [3.63, 3.8) is 0 Å². The molecule has 0 aliphatic heterocycles. The molecule has 0 bridgehead atoms. The summed E-state index contributed by atoms with van der Waals surface area (Å²) in [7, 11) is 0. The topological polar surface area (TPSA) is 40.7 Å². The third-order valence-electron chi connectivity index (χ3n) is 2.84. The van der Waals surface area contributed by atoms with Crippen LogP contribution in [0, 0.1) is 6.92 Å². The Hall–Kier alpha value is -2.29. The van der Waals surface area contributed by atoms with E-state index in [0.717, 1.165) is 22.4 Å². The van der Waals surface area contributed by atoms with E-state index < -0.39 is 0 Å².